The first kappa shape index (κ1) is 24.8. The summed E-state index contributed by atoms with van der Waals surface area (Å²) in [5, 5.41) is 11.4. The molecule has 0 radical (unpaired) electrons. The molecule has 1 heterocycles. The summed E-state index contributed by atoms with van der Waals surface area (Å²) in [5.41, 5.74) is 3.50. The molecule has 5 rings (SSSR count). The molecule has 1 unspecified atom stereocenters. The second-order valence-electron chi connectivity index (χ2n) is 9.03. The molecule has 4 aromatic carbocycles. The minimum atomic E-state index is -0.818. The highest BCUT2D eigenvalue weighted by Crippen LogP contribution is 2.43. The van der Waals surface area contributed by atoms with E-state index in [1.54, 1.807) is 49.6 Å². The second kappa shape index (κ2) is 10.6. The molecular weight excluding hydrogens is 478 g/mol. The number of carbonyl (C=O) groups excluding carboxylic acids is 2. The normalized spacial score (nSPS) is 16.5. The number of nitrogens with zero attached hydrogens (tertiary/aromatic N) is 1. The van der Waals surface area contributed by atoms with Crippen molar-refractivity contribution in [2.75, 3.05) is 12.0 Å². The number of carbonyl (C=O) groups is 2. The number of Topliss-reactive ketones (excluding diaryl/α,β-unsaturated/α-hetero) is 1. The summed E-state index contributed by atoms with van der Waals surface area (Å²) in [4.78, 5) is 28.2. The molecule has 190 valence electrons. The van der Waals surface area contributed by atoms with Crippen molar-refractivity contribution in [1.29, 1.82) is 0 Å². The number of aliphatic hydroxyl groups excluding tert-OH is 1. The van der Waals surface area contributed by atoms with Gasteiger partial charge >= 0.3 is 0 Å². The third kappa shape index (κ3) is 4.76. The van der Waals surface area contributed by atoms with Crippen LogP contribution in [-0.2, 0) is 16.2 Å². The van der Waals surface area contributed by atoms with Gasteiger partial charge in [0.1, 0.15) is 23.9 Å². The standard InChI is InChI=1S/C32H27NO5/c1-21-19-26(37-2)17-18-27(21)30(34)28-29(33(32(36)31(28)35)24-11-7-4-8-12-24)23-13-15-25(16-14-23)38-20-22-9-5-3-6-10-22/h3-19,29,34H,20H2,1-2H3/b30-28-. The van der Waals surface area contributed by atoms with Crippen LogP contribution in [0.1, 0.15) is 28.3 Å². The molecule has 1 aliphatic heterocycles. The van der Waals surface area contributed by atoms with Crippen LogP contribution in [0, 0.1) is 6.92 Å². The van der Waals surface area contributed by atoms with Gasteiger partial charge in [0, 0.05) is 11.3 Å². The lowest BCUT2D eigenvalue weighted by Crippen LogP contribution is -2.29. The Kier molecular flexibility index (Phi) is 6.96. The van der Waals surface area contributed by atoms with E-state index in [9.17, 15) is 14.7 Å². The minimum Gasteiger partial charge on any atom is -0.507 e. The van der Waals surface area contributed by atoms with Gasteiger partial charge in [-0.25, -0.2) is 0 Å². The predicted octanol–water partition coefficient (Wildman–Crippen LogP) is 6.21. The van der Waals surface area contributed by atoms with Crippen LogP contribution in [0.4, 0.5) is 5.69 Å². The first-order valence-electron chi connectivity index (χ1n) is 12.3. The van der Waals surface area contributed by atoms with E-state index >= 15 is 0 Å². The van der Waals surface area contributed by atoms with Gasteiger partial charge in [-0.3, -0.25) is 14.5 Å². The van der Waals surface area contributed by atoms with Gasteiger partial charge in [-0.1, -0.05) is 60.7 Å². The topological polar surface area (TPSA) is 76.1 Å². The number of rotatable bonds is 7. The Bertz CT molecular complexity index is 1490. The van der Waals surface area contributed by atoms with Crippen LogP contribution in [0.15, 0.2) is 109 Å². The van der Waals surface area contributed by atoms with Crippen molar-refractivity contribution < 1.29 is 24.2 Å². The fraction of sp³-hybridized carbons (Fsp3) is 0.125. The van der Waals surface area contributed by atoms with Gasteiger partial charge in [0.2, 0.25) is 0 Å². The molecular formula is C32H27NO5. The van der Waals surface area contributed by atoms with E-state index in [0.717, 1.165) is 11.1 Å². The third-order valence-electron chi connectivity index (χ3n) is 6.61. The minimum absolute atomic E-state index is 0.0325. The lowest BCUT2D eigenvalue weighted by atomic mass is 9.93. The predicted molar refractivity (Wildman–Crippen MR) is 146 cm³/mol. The molecule has 0 aromatic heterocycles. The van der Waals surface area contributed by atoms with Gasteiger partial charge in [0.25, 0.3) is 11.7 Å². The van der Waals surface area contributed by atoms with Crippen molar-refractivity contribution in [2.24, 2.45) is 0 Å². The smallest absolute Gasteiger partial charge is 0.300 e. The zero-order valence-electron chi connectivity index (χ0n) is 21.1. The largest absolute Gasteiger partial charge is 0.507 e. The van der Waals surface area contributed by atoms with Crippen molar-refractivity contribution in [1.82, 2.24) is 0 Å². The summed E-state index contributed by atoms with van der Waals surface area (Å²) in [5.74, 6) is -0.377. The summed E-state index contributed by atoms with van der Waals surface area (Å²) in [6, 6.07) is 30.5. The monoisotopic (exact) mass is 505 g/mol. The maximum absolute atomic E-state index is 13.4. The third-order valence-corrected chi connectivity index (χ3v) is 6.61. The molecule has 1 fully saturated rings. The molecule has 1 N–H and O–H groups in total. The van der Waals surface area contributed by atoms with Gasteiger partial charge in [-0.05, 0) is 66.1 Å². The molecule has 1 atom stereocenters. The summed E-state index contributed by atoms with van der Waals surface area (Å²) in [6.45, 7) is 2.23. The summed E-state index contributed by atoms with van der Waals surface area (Å²) < 4.78 is 11.2. The fourth-order valence-electron chi connectivity index (χ4n) is 4.66. The van der Waals surface area contributed by atoms with Crippen molar-refractivity contribution in [3.8, 4) is 11.5 Å². The van der Waals surface area contributed by atoms with Gasteiger partial charge in [0.15, 0.2) is 0 Å². The molecule has 1 saturated heterocycles. The molecule has 6 heteroatoms. The zero-order valence-corrected chi connectivity index (χ0v) is 21.1. The number of amides is 1. The van der Waals surface area contributed by atoms with E-state index in [1.807, 2.05) is 67.6 Å². The quantitative estimate of drug-likeness (QED) is 0.184. The number of hydrogen-bond donors (Lipinski definition) is 1. The maximum atomic E-state index is 13.4. The van der Waals surface area contributed by atoms with Crippen molar-refractivity contribution >= 4 is 23.1 Å². The van der Waals surface area contributed by atoms with Crippen molar-refractivity contribution in [3.63, 3.8) is 0 Å². The lowest BCUT2D eigenvalue weighted by Gasteiger charge is -2.25. The highest BCUT2D eigenvalue weighted by Gasteiger charge is 2.47. The van der Waals surface area contributed by atoms with Gasteiger partial charge in [-0.2, -0.15) is 0 Å². The maximum Gasteiger partial charge on any atom is 0.300 e. The van der Waals surface area contributed by atoms with Crippen LogP contribution in [0.2, 0.25) is 0 Å². The number of anilines is 1. The molecule has 38 heavy (non-hydrogen) atoms. The number of para-hydroxylation sites is 1. The Hall–Kier alpha value is -4.84. The van der Waals surface area contributed by atoms with Crippen LogP contribution >= 0.6 is 0 Å². The van der Waals surface area contributed by atoms with E-state index in [4.69, 9.17) is 9.47 Å². The van der Waals surface area contributed by atoms with Crippen LogP contribution < -0.4 is 14.4 Å². The molecule has 4 aromatic rings. The van der Waals surface area contributed by atoms with Crippen molar-refractivity contribution in [3.05, 3.63) is 131 Å². The molecule has 0 bridgehead atoms. The van der Waals surface area contributed by atoms with Gasteiger partial charge in [-0.15, -0.1) is 0 Å². The Balaban J connectivity index is 1.56. The van der Waals surface area contributed by atoms with Gasteiger partial charge < -0.3 is 14.6 Å². The average Bonchev–Trinajstić information content (AvgIpc) is 3.22. The fourth-order valence-corrected chi connectivity index (χ4v) is 4.66. The number of aryl methyl sites for hydroxylation is 1. The molecule has 1 aliphatic rings. The Morgan fingerprint density at radius 2 is 1.47 bits per heavy atom. The van der Waals surface area contributed by atoms with Gasteiger partial charge in [0.05, 0.1) is 18.7 Å². The second-order valence-corrected chi connectivity index (χ2v) is 9.03. The molecule has 0 aliphatic carbocycles. The number of ketones is 1. The van der Waals surface area contributed by atoms with Crippen LogP contribution in [0.25, 0.3) is 5.76 Å². The van der Waals surface area contributed by atoms with Crippen LogP contribution in [0.3, 0.4) is 0 Å². The molecule has 1 amide bonds. The molecule has 0 spiro atoms. The zero-order chi connectivity index (χ0) is 26.6. The van der Waals surface area contributed by atoms with Crippen LogP contribution in [0.5, 0.6) is 11.5 Å². The van der Waals surface area contributed by atoms with E-state index < -0.39 is 17.7 Å². The molecule has 0 saturated carbocycles. The number of aliphatic hydroxyl groups is 1. The number of benzene rings is 4. The van der Waals surface area contributed by atoms with Crippen LogP contribution in [-0.4, -0.2) is 23.9 Å². The SMILES string of the molecule is COc1ccc(/C(O)=C2/C(=O)C(=O)N(c3ccccc3)C2c2ccc(OCc3ccccc3)cc2)c(C)c1. The van der Waals surface area contributed by atoms with E-state index in [2.05, 4.69) is 0 Å². The average molecular weight is 506 g/mol. The Morgan fingerprint density at radius 3 is 2.11 bits per heavy atom. The first-order chi connectivity index (χ1) is 18.5. The highest BCUT2D eigenvalue weighted by molar-refractivity contribution is 6.51. The molecule has 6 nitrogen and oxygen atoms in total. The summed E-state index contributed by atoms with van der Waals surface area (Å²) in [7, 11) is 1.56. The first-order valence-corrected chi connectivity index (χ1v) is 12.3. The number of ether oxygens (including phenoxy) is 2. The summed E-state index contributed by atoms with van der Waals surface area (Å²) >= 11 is 0. The van der Waals surface area contributed by atoms with Crippen molar-refractivity contribution in [2.45, 2.75) is 19.6 Å². The Morgan fingerprint density at radius 1 is 0.842 bits per heavy atom. The van der Waals surface area contributed by atoms with E-state index in [-0.39, 0.29) is 11.3 Å². The number of methoxy groups -OCH3 is 1. The Labute approximate surface area is 221 Å². The number of hydrogen-bond acceptors (Lipinski definition) is 5. The lowest BCUT2D eigenvalue weighted by molar-refractivity contribution is -0.132. The summed E-state index contributed by atoms with van der Waals surface area (Å²) in [6.07, 6.45) is 0. The van der Waals surface area contributed by atoms with E-state index in [1.165, 1.54) is 4.90 Å². The van der Waals surface area contributed by atoms with E-state index in [0.29, 0.717) is 34.9 Å². The highest BCUT2D eigenvalue weighted by atomic mass is 16.5.